The summed E-state index contributed by atoms with van der Waals surface area (Å²) < 4.78 is 22.2. The van der Waals surface area contributed by atoms with E-state index in [4.69, 9.17) is 71.7 Å². The smallest absolute Gasteiger partial charge is 0.329 e. The SMILES string of the molecule is NCCNCC(CCCl)(CCCl)N(CCCl)CCCl.O=P(O)(O)OP(=O)(O)O. The third-order valence-corrected chi connectivity index (χ3v) is 5.91. The van der Waals surface area contributed by atoms with Crippen molar-refractivity contribution in [1.82, 2.24) is 10.2 Å². The van der Waals surface area contributed by atoms with Gasteiger partial charge in [-0.15, -0.1) is 46.4 Å². The Morgan fingerprint density at radius 1 is 0.893 bits per heavy atom. The maximum absolute atomic E-state index is 9.63. The van der Waals surface area contributed by atoms with Crippen LogP contribution in [-0.4, -0.2) is 86.3 Å². The maximum atomic E-state index is 9.63. The molecule has 16 heteroatoms. The van der Waals surface area contributed by atoms with E-state index >= 15 is 0 Å². The molecule has 0 unspecified atom stereocenters. The van der Waals surface area contributed by atoms with Crippen LogP contribution < -0.4 is 11.1 Å². The second-order valence-electron chi connectivity index (χ2n) is 5.50. The van der Waals surface area contributed by atoms with Gasteiger partial charge in [-0.3, -0.25) is 4.90 Å². The van der Waals surface area contributed by atoms with Gasteiger partial charge >= 0.3 is 15.6 Å². The van der Waals surface area contributed by atoms with Crippen molar-refractivity contribution in [2.24, 2.45) is 5.73 Å². The Labute approximate surface area is 185 Å². The van der Waals surface area contributed by atoms with Crippen LogP contribution in [0.5, 0.6) is 0 Å². The molecule has 0 fully saturated rings. The molecule has 10 nitrogen and oxygen atoms in total. The van der Waals surface area contributed by atoms with Crippen LogP contribution in [0.25, 0.3) is 0 Å². The molecule has 0 aliphatic heterocycles. The minimum atomic E-state index is -5.05. The van der Waals surface area contributed by atoms with E-state index in [-0.39, 0.29) is 5.54 Å². The van der Waals surface area contributed by atoms with Crippen molar-refractivity contribution in [2.45, 2.75) is 18.4 Å². The van der Waals surface area contributed by atoms with E-state index in [1.54, 1.807) is 0 Å². The molecule has 0 atom stereocenters. The number of nitrogens with two attached hydrogens (primary N) is 1. The van der Waals surface area contributed by atoms with Crippen LogP contribution in [0, 0.1) is 0 Å². The van der Waals surface area contributed by atoms with E-state index in [9.17, 15) is 9.13 Å². The minimum absolute atomic E-state index is 0.0948. The fourth-order valence-electron chi connectivity index (χ4n) is 2.43. The van der Waals surface area contributed by atoms with Gasteiger partial charge < -0.3 is 30.6 Å². The molecule has 0 spiro atoms. The highest BCUT2D eigenvalue weighted by molar-refractivity contribution is 7.60. The van der Waals surface area contributed by atoms with E-state index in [0.717, 1.165) is 39.0 Å². The lowest BCUT2D eigenvalue weighted by molar-refractivity contribution is 0.0919. The van der Waals surface area contributed by atoms with E-state index in [1.807, 2.05) is 0 Å². The summed E-state index contributed by atoms with van der Waals surface area (Å²) in [7, 11) is -10.1. The molecule has 0 radical (unpaired) electrons. The molecule has 0 aromatic carbocycles. The first-order valence-electron chi connectivity index (χ1n) is 8.13. The molecule has 0 saturated carbocycles. The Morgan fingerprint density at radius 2 is 1.32 bits per heavy atom. The number of rotatable bonds is 15. The molecular weight excluding hydrogens is 502 g/mol. The number of halogens is 4. The molecule has 0 heterocycles. The van der Waals surface area contributed by atoms with Crippen molar-refractivity contribution in [3.63, 3.8) is 0 Å². The summed E-state index contributed by atoms with van der Waals surface area (Å²) in [6.45, 7) is 3.76. The van der Waals surface area contributed by atoms with Crippen LogP contribution in [0.2, 0.25) is 0 Å². The van der Waals surface area contributed by atoms with Crippen molar-refractivity contribution in [1.29, 1.82) is 0 Å². The topological polar surface area (TPSA) is 166 Å². The quantitative estimate of drug-likeness (QED) is 0.104. The van der Waals surface area contributed by atoms with E-state index < -0.39 is 15.6 Å². The van der Waals surface area contributed by atoms with Crippen LogP contribution in [0.3, 0.4) is 0 Å². The van der Waals surface area contributed by atoms with Crippen molar-refractivity contribution < 1.29 is 33.0 Å². The highest BCUT2D eigenvalue weighted by Crippen LogP contribution is 2.53. The third kappa shape index (κ3) is 17.0. The molecule has 0 aromatic rings. The molecule has 0 aliphatic rings. The first-order valence-corrected chi connectivity index (χ1v) is 13.3. The molecule has 0 bridgehead atoms. The molecule has 0 aromatic heterocycles. The van der Waals surface area contributed by atoms with Crippen LogP contribution in [0.1, 0.15) is 12.8 Å². The number of nitrogens with one attached hydrogen (secondary N) is 1. The van der Waals surface area contributed by atoms with Gasteiger partial charge in [0.05, 0.1) is 0 Å². The largest absolute Gasteiger partial charge is 0.478 e. The predicted octanol–water partition coefficient (Wildman–Crippen LogP) is 1.50. The van der Waals surface area contributed by atoms with Gasteiger partial charge in [0.25, 0.3) is 0 Å². The zero-order valence-electron chi connectivity index (χ0n) is 15.2. The van der Waals surface area contributed by atoms with Crippen LogP contribution >= 0.6 is 62.0 Å². The van der Waals surface area contributed by atoms with Gasteiger partial charge in [-0.05, 0) is 12.8 Å². The first-order chi connectivity index (χ1) is 12.9. The zero-order valence-corrected chi connectivity index (χ0v) is 20.0. The predicted molar refractivity (Wildman–Crippen MR) is 114 cm³/mol. The van der Waals surface area contributed by atoms with Crippen molar-refractivity contribution >= 4 is 62.0 Å². The Morgan fingerprint density at radius 3 is 1.57 bits per heavy atom. The van der Waals surface area contributed by atoms with Gasteiger partial charge in [-0.25, -0.2) is 9.13 Å². The molecule has 0 saturated heterocycles. The molecule has 172 valence electrons. The van der Waals surface area contributed by atoms with Gasteiger partial charge in [0.1, 0.15) is 0 Å². The number of hydrogen-bond donors (Lipinski definition) is 6. The summed E-state index contributed by atoms with van der Waals surface area (Å²) in [4.78, 5) is 33.3. The molecule has 28 heavy (non-hydrogen) atoms. The van der Waals surface area contributed by atoms with Crippen molar-refractivity contribution in [3.8, 4) is 0 Å². The summed E-state index contributed by atoms with van der Waals surface area (Å²) in [5, 5.41) is 3.37. The third-order valence-electron chi connectivity index (χ3n) is 3.49. The molecule has 0 rings (SSSR count). The molecule has 0 amide bonds. The summed E-state index contributed by atoms with van der Waals surface area (Å²) in [5.41, 5.74) is 5.43. The normalized spacial score (nSPS) is 12.8. The highest BCUT2D eigenvalue weighted by atomic mass is 35.5. The lowest BCUT2D eigenvalue weighted by atomic mass is 9.90. The Kier molecular flexibility index (Phi) is 19.0. The molecule has 7 N–H and O–H groups in total. The summed E-state index contributed by atoms with van der Waals surface area (Å²) in [6, 6.07) is 0. The van der Waals surface area contributed by atoms with Crippen molar-refractivity contribution in [3.05, 3.63) is 0 Å². The number of nitrogens with zero attached hydrogens (tertiary/aromatic N) is 1. The molecular formula is C12H29Cl4N3O7P2. The Hall–Kier alpha value is 1.30. The fourth-order valence-corrected chi connectivity index (χ4v) is 4.65. The standard InChI is InChI=1S/C12H25Cl4N3.H4O7P2/c13-3-1-12(2-4-14,11-18-8-7-17)19(9-5-15)10-6-16;1-8(2,3)7-9(4,5)6/h18H,1-11,17H2;(H2,1,2,3)(H2,4,5,6). The van der Waals surface area contributed by atoms with Gasteiger partial charge in [-0.1, -0.05) is 0 Å². The number of phosphoric acid groups is 2. The van der Waals surface area contributed by atoms with Gasteiger partial charge in [0, 0.05) is 61.8 Å². The Balaban J connectivity index is 0. The Bertz CT molecular complexity index is 452. The summed E-state index contributed by atoms with van der Waals surface area (Å²) >= 11 is 23.8. The monoisotopic (exact) mass is 529 g/mol. The first kappa shape index (κ1) is 31.5. The minimum Gasteiger partial charge on any atom is -0.329 e. The summed E-state index contributed by atoms with van der Waals surface area (Å²) in [5.74, 6) is 2.31. The van der Waals surface area contributed by atoms with E-state index in [2.05, 4.69) is 14.5 Å². The van der Waals surface area contributed by atoms with Gasteiger partial charge in [0.2, 0.25) is 0 Å². The average molecular weight is 531 g/mol. The zero-order chi connectivity index (χ0) is 22.3. The highest BCUT2D eigenvalue weighted by Gasteiger charge is 2.34. The fraction of sp³-hybridized carbons (Fsp3) is 1.00. The van der Waals surface area contributed by atoms with Crippen LogP contribution in [0.4, 0.5) is 0 Å². The van der Waals surface area contributed by atoms with E-state index in [1.165, 1.54) is 0 Å². The maximum Gasteiger partial charge on any atom is 0.478 e. The lowest BCUT2D eigenvalue weighted by Crippen LogP contribution is -2.57. The second-order valence-corrected chi connectivity index (χ2v) is 9.62. The van der Waals surface area contributed by atoms with Gasteiger partial charge in [-0.2, -0.15) is 4.31 Å². The van der Waals surface area contributed by atoms with E-state index in [0.29, 0.717) is 30.1 Å². The van der Waals surface area contributed by atoms with Crippen LogP contribution in [0.15, 0.2) is 0 Å². The average Bonchev–Trinajstić information content (AvgIpc) is 2.52. The van der Waals surface area contributed by atoms with Crippen LogP contribution in [-0.2, 0) is 13.4 Å². The second kappa shape index (κ2) is 16.9. The lowest BCUT2D eigenvalue weighted by Gasteiger charge is -2.44. The number of alkyl halides is 4. The summed E-state index contributed by atoms with van der Waals surface area (Å²) in [6.07, 6.45) is 1.71. The number of hydrogen-bond acceptors (Lipinski definition) is 6. The molecule has 0 aliphatic carbocycles. The van der Waals surface area contributed by atoms with Gasteiger partial charge in [0.15, 0.2) is 0 Å². The van der Waals surface area contributed by atoms with Crippen molar-refractivity contribution in [2.75, 3.05) is 56.2 Å².